The van der Waals surface area contributed by atoms with Crippen LogP contribution in [0.3, 0.4) is 0 Å². The quantitative estimate of drug-likeness (QED) is 0.387. The molecule has 0 saturated heterocycles. The summed E-state index contributed by atoms with van der Waals surface area (Å²) in [4.78, 5) is 0. The van der Waals surface area contributed by atoms with E-state index in [1.54, 1.807) is 5.57 Å². The van der Waals surface area contributed by atoms with Gasteiger partial charge in [-0.1, -0.05) is 76.8 Å². The highest BCUT2D eigenvalue weighted by Gasteiger charge is 2.50. The average molecular weight is 413 g/mol. The van der Waals surface area contributed by atoms with Crippen LogP contribution >= 0.6 is 0 Å². The standard InChI is InChI=1S/C29H48O/c1-7-30-26-16-13-22(4)25(20-26)15-14-24-12-9-19-29(6)27(17-18-28(24)29)23(5)11-8-10-21(2)3/h14-15,21,23,26-28H,4,7-13,16-20H2,1-3,5-6H3/b24-14+,25-15+. The molecular weight excluding hydrogens is 364 g/mol. The molecule has 5 atom stereocenters. The van der Waals surface area contributed by atoms with Gasteiger partial charge in [-0.25, -0.2) is 0 Å². The zero-order valence-electron chi connectivity index (χ0n) is 20.6. The van der Waals surface area contributed by atoms with Gasteiger partial charge in [0, 0.05) is 6.61 Å². The highest BCUT2D eigenvalue weighted by atomic mass is 16.5. The number of rotatable bonds is 8. The molecule has 3 aliphatic carbocycles. The highest BCUT2D eigenvalue weighted by Crippen LogP contribution is 2.59. The molecule has 0 radical (unpaired) electrons. The van der Waals surface area contributed by atoms with E-state index in [2.05, 4.69) is 53.3 Å². The van der Waals surface area contributed by atoms with E-state index in [0.29, 0.717) is 11.5 Å². The molecule has 3 fully saturated rings. The fraction of sp³-hybridized carbons (Fsp3) is 0.793. The maximum absolute atomic E-state index is 5.92. The number of allylic oxidation sites excluding steroid dienone is 4. The molecule has 0 bridgehead atoms. The molecule has 1 heteroatoms. The largest absolute Gasteiger partial charge is 0.378 e. The van der Waals surface area contributed by atoms with Crippen molar-refractivity contribution in [1.29, 1.82) is 0 Å². The molecule has 1 nitrogen and oxygen atoms in total. The minimum atomic E-state index is 0.393. The lowest BCUT2D eigenvalue weighted by molar-refractivity contribution is 0.0533. The molecule has 3 rings (SSSR count). The van der Waals surface area contributed by atoms with Crippen LogP contribution in [0.15, 0.2) is 35.5 Å². The van der Waals surface area contributed by atoms with E-state index < -0.39 is 0 Å². The molecule has 0 aromatic carbocycles. The number of fused-ring (bicyclic) bond motifs is 1. The van der Waals surface area contributed by atoms with Gasteiger partial charge in [-0.15, -0.1) is 0 Å². The lowest BCUT2D eigenvalue weighted by atomic mass is 9.60. The van der Waals surface area contributed by atoms with Gasteiger partial charge in [0.15, 0.2) is 0 Å². The van der Waals surface area contributed by atoms with Crippen molar-refractivity contribution < 1.29 is 4.74 Å². The summed E-state index contributed by atoms with van der Waals surface area (Å²) >= 11 is 0. The molecule has 30 heavy (non-hydrogen) atoms. The van der Waals surface area contributed by atoms with Gasteiger partial charge in [0.2, 0.25) is 0 Å². The molecular formula is C29H48O. The third kappa shape index (κ3) is 5.50. The minimum absolute atomic E-state index is 0.393. The third-order valence-electron chi connectivity index (χ3n) is 8.74. The van der Waals surface area contributed by atoms with Crippen molar-refractivity contribution in [2.75, 3.05) is 6.61 Å². The molecule has 0 aromatic rings. The number of hydrogen-bond donors (Lipinski definition) is 0. The van der Waals surface area contributed by atoms with Crippen molar-refractivity contribution in [2.45, 2.75) is 111 Å². The van der Waals surface area contributed by atoms with Crippen LogP contribution in [0.5, 0.6) is 0 Å². The van der Waals surface area contributed by atoms with Crippen molar-refractivity contribution in [3.05, 3.63) is 35.5 Å². The summed E-state index contributed by atoms with van der Waals surface area (Å²) < 4.78 is 5.92. The Balaban J connectivity index is 1.69. The van der Waals surface area contributed by atoms with Crippen LogP contribution in [0.4, 0.5) is 0 Å². The summed E-state index contributed by atoms with van der Waals surface area (Å²) in [6.45, 7) is 17.2. The SMILES string of the molecule is C=C1CCC(OCC)C/C1=C\C=C1/CCCC2(C)C1CCC2C(C)CCCC(C)C. The maximum atomic E-state index is 5.92. The Kier molecular flexibility index (Phi) is 8.47. The smallest absolute Gasteiger partial charge is 0.0618 e. The molecule has 0 heterocycles. The van der Waals surface area contributed by atoms with E-state index >= 15 is 0 Å². The van der Waals surface area contributed by atoms with Crippen molar-refractivity contribution in [2.24, 2.45) is 29.1 Å². The predicted octanol–water partition coefficient (Wildman–Crippen LogP) is 8.66. The summed E-state index contributed by atoms with van der Waals surface area (Å²) in [6.07, 6.45) is 19.8. The van der Waals surface area contributed by atoms with Crippen LogP contribution in [0.25, 0.3) is 0 Å². The average Bonchev–Trinajstić information content (AvgIpc) is 3.06. The topological polar surface area (TPSA) is 9.23 Å². The van der Waals surface area contributed by atoms with E-state index in [0.717, 1.165) is 49.5 Å². The van der Waals surface area contributed by atoms with Gasteiger partial charge in [-0.3, -0.25) is 0 Å². The van der Waals surface area contributed by atoms with Gasteiger partial charge >= 0.3 is 0 Å². The lowest BCUT2D eigenvalue weighted by Crippen LogP contribution is -2.36. The Morgan fingerprint density at radius 3 is 2.63 bits per heavy atom. The first-order chi connectivity index (χ1) is 14.3. The Morgan fingerprint density at radius 2 is 1.90 bits per heavy atom. The molecule has 0 aromatic heterocycles. The van der Waals surface area contributed by atoms with Crippen molar-refractivity contribution in [3.8, 4) is 0 Å². The Bertz CT molecular complexity index is 639. The van der Waals surface area contributed by atoms with Gasteiger partial charge in [0.1, 0.15) is 0 Å². The van der Waals surface area contributed by atoms with E-state index in [1.165, 1.54) is 62.5 Å². The first-order valence-corrected chi connectivity index (χ1v) is 13.0. The Labute approximate surface area is 187 Å². The lowest BCUT2D eigenvalue weighted by Gasteiger charge is -2.44. The summed E-state index contributed by atoms with van der Waals surface area (Å²) in [5.41, 5.74) is 5.04. The minimum Gasteiger partial charge on any atom is -0.378 e. The zero-order valence-corrected chi connectivity index (χ0v) is 20.6. The third-order valence-corrected chi connectivity index (χ3v) is 8.74. The first kappa shape index (κ1) is 23.8. The summed E-state index contributed by atoms with van der Waals surface area (Å²) in [6, 6.07) is 0. The van der Waals surface area contributed by atoms with Crippen LogP contribution < -0.4 is 0 Å². The maximum Gasteiger partial charge on any atom is 0.0618 e. The molecule has 0 aliphatic heterocycles. The first-order valence-electron chi connectivity index (χ1n) is 13.0. The molecule has 3 aliphatic rings. The van der Waals surface area contributed by atoms with Crippen LogP contribution in [-0.4, -0.2) is 12.7 Å². The van der Waals surface area contributed by atoms with E-state index in [4.69, 9.17) is 4.74 Å². The summed E-state index contributed by atoms with van der Waals surface area (Å²) in [5, 5.41) is 0. The molecule has 0 amide bonds. The molecule has 0 spiro atoms. The van der Waals surface area contributed by atoms with Crippen LogP contribution in [-0.2, 0) is 4.74 Å². The Morgan fingerprint density at radius 1 is 1.10 bits per heavy atom. The van der Waals surface area contributed by atoms with Gasteiger partial charge < -0.3 is 4.74 Å². The highest BCUT2D eigenvalue weighted by molar-refractivity contribution is 5.36. The van der Waals surface area contributed by atoms with E-state index in [9.17, 15) is 0 Å². The number of hydrogen-bond acceptors (Lipinski definition) is 1. The van der Waals surface area contributed by atoms with Crippen molar-refractivity contribution in [1.82, 2.24) is 0 Å². The van der Waals surface area contributed by atoms with E-state index in [-0.39, 0.29) is 0 Å². The Hall–Kier alpha value is -0.820. The zero-order chi connectivity index (χ0) is 21.7. The summed E-state index contributed by atoms with van der Waals surface area (Å²) in [7, 11) is 0. The monoisotopic (exact) mass is 412 g/mol. The second-order valence-electron chi connectivity index (χ2n) is 11.3. The fourth-order valence-electron chi connectivity index (χ4n) is 7.02. The van der Waals surface area contributed by atoms with Crippen LogP contribution in [0.1, 0.15) is 105 Å². The molecule has 0 N–H and O–H groups in total. The van der Waals surface area contributed by atoms with Crippen molar-refractivity contribution in [3.63, 3.8) is 0 Å². The van der Waals surface area contributed by atoms with Crippen LogP contribution in [0, 0.1) is 29.1 Å². The molecule has 5 unspecified atom stereocenters. The number of ether oxygens (including phenoxy) is 1. The van der Waals surface area contributed by atoms with Gasteiger partial charge in [0.05, 0.1) is 6.10 Å². The van der Waals surface area contributed by atoms with Gasteiger partial charge in [-0.05, 0) is 93.0 Å². The van der Waals surface area contributed by atoms with Crippen molar-refractivity contribution >= 4 is 0 Å². The second kappa shape index (κ2) is 10.7. The normalized spacial score (nSPS) is 35.9. The van der Waals surface area contributed by atoms with Crippen LogP contribution in [0.2, 0.25) is 0 Å². The van der Waals surface area contributed by atoms with E-state index in [1.807, 2.05) is 0 Å². The van der Waals surface area contributed by atoms with Gasteiger partial charge in [0.25, 0.3) is 0 Å². The van der Waals surface area contributed by atoms with Gasteiger partial charge in [-0.2, -0.15) is 0 Å². The fourth-order valence-corrected chi connectivity index (χ4v) is 7.02. The summed E-state index contributed by atoms with van der Waals surface area (Å²) in [5.74, 6) is 3.44. The second-order valence-corrected chi connectivity index (χ2v) is 11.3. The molecule has 3 saturated carbocycles. The molecule has 170 valence electrons. The predicted molar refractivity (Wildman–Crippen MR) is 131 cm³/mol.